The molecule has 0 saturated carbocycles. The van der Waals surface area contributed by atoms with E-state index in [-0.39, 0.29) is 11.9 Å². The molecule has 1 aliphatic heterocycles. The average Bonchev–Trinajstić information content (AvgIpc) is 3.29. The number of amides is 1. The molecule has 27 heavy (non-hydrogen) atoms. The van der Waals surface area contributed by atoms with E-state index in [0.29, 0.717) is 10.9 Å². The van der Waals surface area contributed by atoms with Crippen LogP contribution in [0.1, 0.15) is 25.0 Å². The van der Waals surface area contributed by atoms with Gasteiger partial charge in [0, 0.05) is 11.7 Å². The maximum Gasteiger partial charge on any atom is 0.237 e. The van der Waals surface area contributed by atoms with E-state index < -0.39 is 0 Å². The topological polar surface area (TPSA) is 63.9 Å². The fraction of sp³-hybridized carbons (Fsp3) is 0.300. The van der Waals surface area contributed by atoms with Crippen LogP contribution in [0.2, 0.25) is 0 Å². The lowest BCUT2D eigenvalue weighted by Gasteiger charge is -2.22. The third kappa shape index (κ3) is 3.47. The van der Waals surface area contributed by atoms with Gasteiger partial charge in [0.2, 0.25) is 11.1 Å². The van der Waals surface area contributed by atoms with Crippen molar-refractivity contribution in [2.45, 2.75) is 37.9 Å². The van der Waals surface area contributed by atoms with Crippen LogP contribution in [0.3, 0.4) is 0 Å². The molecule has 6 nitrogen and oxygen atoms in total. The summed E-state index contributed by atoms with van der Waals surface area (Å²) in [6.07, 6.45) is 1.88. The van der Waals surface area contributed by atoms with Crippen molar-refractivity contribution in [2.75, 3.05) is 10.7 Å². The number of rotatable bonds is 5. The smallest absolute Gasteiger partial charge is 0.237 e. The fourth-order valence-electron chi connectivity index (χ4n) is 3.45. The number of anilines is 1. The van der Waals surface area contributed by atoms with Gasteiger partial charge in [-0.2, -0.15) is 4.68 Å². The summed E-state index contributed by atoms with van der Waals surface area (Å²) >= 11 is 1.37. The summed E-state index contributed by atoms with van der Waals surface area (Å²) in [5, 5.41) is 12.6. The Kier molecular flexibility index (Phi) is 4.94. The molecule has 1 aromatic heterocycles. The SMILES string of the molecule is CCc1ccc(-n2nnnc2SCC(=O)N2c3ccccc3C[C@H]2C)cc1. The number of aromatic nitrogens is 4. The fourth-order valence-corrected chi connectivity index (χ4v) is 4.20. The van der Waals surface area contributed by atoms with Gasteiger partial charge in [-0.25, -0.2) is 0 Å². The molecule has 4 rings (SSSR count). The van der Waals surface area contributed by atoms with Gasteiger partial charge in [0.15, 0.2) is 0 Å². The number of carbonyl (C=O) groups is 1. The second-order valence-corrected chi connectivity index (χ2v) is 7.57. The van der Waals surface area contributed by atoms with Gasteiger partial charge in [0.1, 0.15) is 0 Å². The van der Waals surface area contributed by atoms with Gasteiger partial charge in [-0.15, -0.1) is 5.10 Å². The standard InChI is InChI=1S/C20H21N5OS/c1-3-15-8-10-17(11-9-15)25-20(21-22-23-25)27-13-19(26)24-14(2)12-16-6-4-5-7-18(16)24/h4-11,14H,3,12-13H2,1-2H3/t14-/m1/s1. The Hall–Kier alpha value is -2.67. The summed E-state index contributed by atoms with van der Waals surface area (Å²) in [6, 6.07) is 16.4. The molecule has 1 amide bonds. The number of hydrogen-bond acceptors (Lipinski definition) is 5. The summed E-state index contributed by atoms with van der Waals surface area (Å²) in [7, 11) is 0. The van der Waals surface area contributed by atoms with Crippen molar-refractivity contribution in [1.29, 1.82) is 0 Å². The second kappa shape index (κ2) is 7.52. The van der Waals surface area contributed by atoms with Gasteiger partial charge in [-0.3, -0.25) is 4.79 Å². The first-order valence-corrected chi connectivity index (χ1v) is 10.1. The van der Waals surface area contributed by atoms with E-state index in [2.05, 4.69) is 47.6 Å². The molecule has 3 aromatic rings. The average molecular weight is 379 g/mol. The highest BCUT2D eigenvalue weighted by Crippen LogP contribution is 2.32. The first-order chi connectivity index (χ1) is 13.2. The number of fused-ring (bicyclic) bond motifs is 1. The lowest BCUT2D eigenvalue weighted by atomic mass is 10.1. The zero-order chi connectivity index (χ0) is 18.8. The maximum absolute atomic E-state index is 12.9. The number of thioether (sulfide) groups is 1. The molecule has 0 spiro atoms. The third-order valence-electron chi connectivity index (χ3n) is 4.83. The lowest BCUT2D eigenvalue weighted by Crippen LogP contribution is -2.37. The first-order valence-electron chi connectivity index (χ1n) is 9.08. The van der Waals surface area contributed by atoms with Crippen molar-refractivity contribution in [3.05, 3.63) is 59.7 Å². The predicted octanol–water partition coefficient (Wildman–Crippen LogP) is 3.29. The largest absolute Gasteiger partial charge is 0.308 e. The molecule has 7 heteroatoms. The molecule has 2 heterocycles. The highest BCUT2D eigenvalue weighted by atomic mass is 32.2. The Balaban J connectivity index is 1.48. The van der Waals surface area contributed by atoms with Crippen molar-refractivity contribution >= 4 is 23.4 Å². The van der Waals surface area contributed by atoms with E-state index in [1.807, 2.05) is 35.2 Å². The van der Waals surface area contributed by atoms with E-state index >= 15 is 0 Å². The van der Waals surface area contributed by atoms with E-state index in [4.69, 9.17) is 0 Å². The number of tetrazole rings is 1. The number of nitrogens with zero attached hydrogens (tertiary/aromatic N) is 5. The summed E-state index contributed by atoms with van der Waals surface area (Å²) in [5.41, 5.74) is 4.40. The van der Waals surface area contributed by atoms with Crippen LogP contribution in [0.4, 0.5) is 5.69 Å². The molecule has 0 N–H and O–H groups in total. The van der Waals surface area contributed by atoms with Crippen LogP contribution in [-0.2, 0) is 17.6 Å². The van der Waals surface area contributed by atoms with Crippen LogP contribution in [-0.4, -0.2) is 37.9 Å². The minimum absolute atomic E-state index is 0.0772. The van der Waals surface area contributed by atoms with Crippen LogP contribution >= 0.6 is 11.8 Å². The van der Waals surface area contributed by atoms with Crippen LogP contribution in [0.15, 0.2) is 53.7 Å². The molecule has 1 atom stereocenters. The molecule has 0 fully saturated rings. The number of aryl methyl sites for hydroxylation is 1. The van der Waals surface area contributed by atoms with Crippen LogP contribution in [0.5, 0.6) is 0 Å². The zero-order valence-corrected chi connectivity index (χ0v) is 16.2. The maximum atomic E-state index is 12.9. The summed E-state index contributed by atoms with van der Waals surface area (Å²) in [6.45, 7) is 4.21. The molecule has 138 valence electrons. The molecule has 0 aliphatic carbocycles. The molecule has 0 radical (unpaired) electrons. The summed E-state index contributed by atoms with van der Waals surface area (Å²) in [5.74, 6) is 0.375. The van der Waals surface area contributed by atoms with E-state index in [1.54, 1.807) is 4.68 Å². The summed E-state index contributed by atoms with van der Waals surface area (Å²) < 4.78 is 1.68. The number of carbonyl (C=O) groups excluding carboxylic acids is 1. The van der Waals surface area contributed by atoms with Crippen LogP contribution in [0.25, 0.3) is 5.69 Å². The van der Waals surface area contributed by atoms with E-state index in [0.717, 1.165) is 24.2 Å². The molecule has 1 aliphatic rings. The van der Waals surface area contributed by atoms with Crippen molar-refractivity contribution in [3.8, 4) is 5.69 Å². The Labute approximate surface area is 162 Å². The third-order valence-corrected chi connectivity index (χ3v) is 5.73. The van der Waals surface area contributed by atoms with Crippen LogP contribution in [0, 0.1) is 0 Å². The number of hydrogen-bond donors (Lipinski definition) is 0. The highest BCUT2D eigenvalue weighted by Gasteiger charge is 2.30. The van der Waals surface area contributed by atoms with Crippen molar-refractivity contribution < 1.29 is 4.79 Å². The molecule has 0 saturated heterocycles. The Morgan fingerprint density at radius 1 is 1.19 bits per heavy atom. The Bertz CT molecular complexity index is 953. The molecule has 0 unspecified atom stereocenters. The Morgan fingerprint density at radius 3 is 2.74 bits per heavy atom. The minimum Gasteiger partial charge on any atom is -0.308 e. The lowest BCUT2D eigenvalue weighted by molar-refractivity contribution is -0.116. The van der Waals surface area contributed by atoms with Gasteiger partial charge in [0.25, 0.3) is 0 Å². The zero-order valence-electron chi connectivity index (χ0n) is 15.4. The molecule has 0 bridgehead atoms. The number of benzene rings is 2. The Morgan fingerprint density at radius 2 is 1.96 bits per heavy atom. The summed E-state index contributed by atoms with van der Waals surface area (Å²) in [4.78, 5) is 14.8. The second-order valence-electron chi connectivity index (χ2n) is 6.63. The minimum atomic E-state index is 0.0772. The molecular formula is C20H21N5OS. The van der Waals surface area contributed by atoms with Gasteiger partial charge in [-0.1, -0.05) is 49.0 Å². The molecule has 2 aromatic carbocycles. The molecular weight excluding hydrogens is 358 g/mol. The highest BCUT2D eigenvalue weighted by molar-refractivity contribution is 7.99. The van der Waals surface area contributed by atoms with Gasteiger partial charge >= 0.3 is 0 Å². The van der Waals surface area contributed by atoms with Gasteiger partial charge in [-0.05, 0) is 59.5 Å². The van der Waals surface area contributed by atoms with E-state index in [9.17, 15) is 4.79 Å². The predicted molar refractivity (Wildman–Crippen MR) is 106 cm³/mol. The van der Waals surface area contributed by atoms with Crippen molar-refractivity contribution in [3.63, 3.8) is 0 Å². The van der Waals surface area contributed by atoms with Crippen molar-refractivity contribution in [1.82, 2.24) is 20.2 Å². The van der Waals surface area contributed by atoms with Crippen molar-refractivity contribution in [2.24, 2.45) is 0 Å². The quantitative estimate of drug-likeness (QED) is 0.637. The monoisotopic (exact) mass is 379 g/mol. The number of para-hydroxylation sites is 1. The van der Waals surface area contributed by atoms with Gasteiger partial charge < -0.3 is 4.90 Å². The van der Waals surface area contributed by atoms with E-state index in [1.165, 1.54) is 22.9 Å². The normalized spacial score (nSPS) is 15.8. The van der Waals surface area contributed by atoms with Crippen LogP contribution < -0.4 is 4.90 Å². The van der Waals surface area contributed by atoms with Gasteiger partial charge in [0.05, 0.1) is 11.4 Å². The first kappa shape index (κ1) is 17.7.